The van der Waals surface area contributed by atoms with Crippen molar-refractivity contribution in [2.24, 2.45) is 5.41 Å². The van der Waals surface area contributed by atoms with Crippen molar-refractivity contribution in [3.05, 3.63) is 0 Å². The van der Waals surface area contributed by atoms with Crippen LogP contribution >= 0.6 is 0 Å². The van der Waals surface area contributed by atoms with Crippen LogP contribution in [0.25, 0.3) is 0 Å². The topological polar surface area (TPSA) is 52.6 Å². The molecule has 1 saturated carbocycles. The molecule has 0 aromatic heterocycles. The van der Waals surface area contributed by atoms with Gasteiger partial charge in [-0.15, -0.1) is 0 Å². The number of amides is 1. The lowest BCUT2D eigenvalue weighted by atomic mass is 9.74. The van der Waals surface area contributed by atoms with Gasteiger partial charge in [0.1, 0.15) is 0 Å². The number of aliphatic hydroxyl groups is 1. The van der Waals surface area contributed by atoms with E-state index >= 15 is 0 Å². The second-order valence-electron chi connectivity index (χ2n) is 5.55. The molecule has 1 fully saturated rings. The van der Waals surface area contributed by atoms with Crippen molar-refractivity contribution >= 4 is 5.91 Å². The quantitative estimate of drug-likeness (QED) is 0.756. The third-order valence-corrected chi connectivity index (χ3v) is 3.84. The van der Waals surface area contributed by atoms with Crippen LogP contribution in [0.2, 0.25) is 0 Å². The fraction of sp³-hybridized carbons (Fsp3) is 0.923. The van der Waals surface area contributed by atoms with Gasteiger partial charge in [-0.1, -0.05) is 19.3 Å². The smallest absolute Gasteiger partial charge is 0.238 e. The number of aliphatic hydroxyl groups excluding tert-OH is 1. The average Bonchev–Trinajstić information content (AvgIpc) is 2.36. The molecule has 0 saturated heterocycles. The number of nitrogens with zero attached hydrogens (tertiary/aromatic N) is 1. The van der Waals surface area contributed by atoms with Gasteiger partial charge in [0.25, 0.3) is 0 Å². The molecule has 1 rings (SSSR count). The van der Waals surface area contributed by atoms with Gasteiger partial charge >= 0.3 is 0 Å². The molecule has 17 heavy (non-hydrogen) atoms. The Kier molecular flexibility index (Phi) is 5.40. The third kappa shape index (κ3) is 3.96. The third-order valence-electron chi connectivity index (χ3n) is 3.84. The maximum absolute atomic E-state index is 11.7. The number of carbonyl (C=O) groups excluding carboxylic acids is 1. The number of likely N-dealkylation sites (N-methyl/N-ethyl adjacent to an activating group) is 1. The van der Waals surface area contributed by atoms with Gasteiger partial charge in [0.2, 0.25) is 5.91 Å². The van der Waals surface area contributed by atoms with Crippen LogP contribution in [0.15, 0.2) is 0 Å². The predicted molar refractivity (Wildman–Crippen MR) is 68.8 cm³/mol. The largest absolute Gasteiger partial charge is 0.396 e. The summed E-state index contributed by atoms with van der Waals surface area (Å²) < 4.78 is 0. The van der Waals surface area contributed by atoms with Crippen molar-refractivity contribution in [3.8, 4) is 0 Å². The highest BCUT2D eigenvalue weighted by molar-refractivity contribution is 5.80. The van der Waals surface area contributed by atoms with E-state index < -0.39 is 0 Å². The van der Waals surface area contributed by atoms with Crippen LogP contribution in [0.1, 0.15) is 39.0 Å². The second-order valence-corrected chi connectivity index (χ2v) is 5.55. The van der Waals surface area contributed by atoms with Crippen molar-refractivity contribution < 1.29 is 9.90 Å². The van der Waals surface area contributed by atoms with Gasteiger partial charge in [0.05, 0.1) is 6.04 Å². The first kappa shape index (κ1) is 14.5. The summed E-state index contributed by atoms with van der Waals surface area (Å²) in [7, 11) is 3.53. The van der Waals surface area contributed by atoms with E-state index in [2.05, 4.69) is 5.32 Å². The maximum atomic E-state index is 11.7. The van der Waals surface area contributed by atoms with Gasteiger partial charge in [0.15, 0.2) is 0 Å². The van der Waals surface area contributed by atoms with E-state index in [1.54, 1.807) is 19.0 Å². The standard InChI is InChI=1S/C13H26N2O2/c1-11(12(17)15(2)3)14-9-13(10-16)7-5-4-6-8-13/h11,14,16H,4-10H2,1-3H3. The van der Waals surface area contributed by atoms with Crippen LogP contribution in [0.3, 0.4) is 0 Å². The van der Waals surface area contributed by atoms with Crippen molar-refractivity contribution in [3.63, 3.8) is 0 Å². The molecule has 1 atom stereocenters. The number of carbonyl (C=O) groups is 1. The molecule has 0 heterocycles. The van der Waals surface area contributed by atoms with E-state index in [-0.39, 0.29) is 24.0 Å². The molecule has 4 heteroatoms. The van der Waals surface area contributed by atoms with Crippen LogP contribution in [0.4, 0.5) is 0 Å². The van der Waals surface area contributed by atoms with Gasteiger partial charge < -0.3 is 15.3 Å². The Hall–Kier alpha value is -0.610. The Labute approximate surface area is 104 Å². The predicted octanol–water partition coefficient (Wildman–Crippen LogP) is 0.995. The number of hydrogen-bond donors (Lipinski definition) is 2. The second kappa shape index (κ2) is 6.36. The van der Waals surface area contributed by atoms with E-state index in [9.17, 15) is 9.90 Å². The summed E-state index contributed by atoms with van der Waals surface area (Å²) in [6, 6.07) is -0.171. The Balaban J connectivity index is 2.44. The minimum Gasteiger partial charge on any atom is -0.396 e. The number of nitrogens with one attached hydrogen (secondary N) is 1. The molecule has 2 N–H and O–H groups in total. The summed E-state index contributed by atoms with van der Waals surface area (Å²) in [5.74, 6) is 0.0916. The molecular weight excluding hydrogens is 216 g/mol. The van der Waals surface area contributed by atoms with E-state index in [4.69, 9.17) is 0 Å². The summed E-state index contributed by atoms with van der Waals surface area (Å²) in [5.41, 5.74) is -0.000890. The Morgan fingerprint density at radius 1 is 1.35 bits per heavy atom. The molecule has 100 valence electrons. The minimum absolute atomic E-state index is 0.000890. The van der Waals surface area contributed by atoms with Crippen LogP contribution < -0.4 is 5.32 Å². The molecule has 0 aromatic carbocycles. The summed E-state index contributed by atoms with van der Waals surface area (Å²) in [6.45, 7) is 2.85. The lowest BCUT2D eigenvalue weighted by Gasteiger charge is -2.36. The lowest BCUT2D eigenvalue weighted by Crippen LogP contribution is -2.47. The minimum atomic E-state index is -0.171. The normalized spacial score (nSPS) is 20.9. The Bertz CT molecular complexity index is 248. The molecule has 0 bridgehead atoms. The highest BCUT2D eigenvalue weighted by Crippen LogP contribution is 2.35. The molecule has 0 radical (unpaired) electrons. The van der Waals surface area contributed by atoms with Gasteiger partial charge in [-0.25, -0.2) is 0 Å². The fourth-order valence-corrected chi connectivity index (χ4v) is 2.54. The molecule has 1 aliphatic rings. The zero-order valence-electron chi connectivity index (χ0n) is 11.3. The van der Waals surface area contributed by atoms with Crippen molar-refractivity contribution in [2.75, 3.05) is 27.2 Å². The molecule has 1 aliphatic carbocycles. The SMILES string of the molecule is CC(NCC1(CO)CCCCC1)C(=O)N(C)C. The summed E-state index contributed by atoms with van der Waals surface area (Å²) in [4.78, 5) is 13.3. The van der Waals surface area contributed by atoms with Crippen LogP contribution in [-0.2, 0) is 4.79 Å². The molecule has 0 aliphatic heterocycles. The summed E-state index contributed by atoms with van der Waals surface area (Å²) >= 11 is 0. The molecule has 1 amide bonds. The highest BCUT2D eigenvalue weighted by atomic mass is 16.3. The van der Waals surface area contributed by atoms with Crippen LogP contribution in [0, 0.1) is 5.41 Å². The van der Waals surface area contributed by atoms with E-state index in [1.807, 2.05) is 6.92 Å². The summed E-state index contributed by atoms with van der Waals surface area (Å²) in [5, 5.41) is 12.8. The average molecular weight is 242 g/mol. The molecule has 4 nitrogen and oxygen atoms in total. The van der Waals surface area contributed by atoms with E-state index in [1.165, 1.54) is 19.3 Å². The Morgan fingerprint density at radius 3 is 2.41 bits per heavy atom. The van der Waals surface area contributed by atoms with Crippen molar-refractivity contribution in [2.45, 2.75) is 45.1 Å². The van der Waals surface area contributed by atoms with Crippen molar-refractivity contribution in [1.29, 1.82) is 0 Å². The Morgan fingerprint density at radius 2 is 1.94 bits per heavy atom. The summed E-state index contributed by atoms with van der Waals surface area (Å²) in [6.07, 6.45) is 5.79. The molecule has 0 spiro atoms. The molecule has 1 unspecified atom stereocenters. The first-order valence-electron chi connectivity index (χ1n) is 6.56. The first-order valence-corrected chi connectivity index (χ1v) is 6.56. The first-order chi connectivity index (χ1) is 8.01. The van der Waals surface area contributed by atoms with Gasteiger partial charge in [-0.2, -0.15) is 0 Å². The van der Waals surface area contributed by atoms with Gasteiger partial charge in [-0.05, 0) is 19.8 Å². The number of rotatable bonds is 5. The van der Waals surface area contributed by atoms with Crippen LogP contribution in [-0.4, -0.2) is 49.2 Å². The van der Waals surface area contributed by atoms with Crippen molar-refractivity contribution in [1.82, 2.24) is 10.2 Å². The monoisotopic (exact) mass is 242 g/mol. The molecule has 0 aromatic rings. The van der Waals surface area contributed by atoms with Gasteiger partial charge in [0, 0.05) is 32.7 Å². The number of hydrogen-bond acceptors (Lipinski definition) is 3. The van der Waals surface area contributed by atoms with Crippen LogP contribution in [0.5, 0.6) is 0 Å². The fourth-order valence-electron chi connectivity index (χ4n) is 2.54. The molecular formula is C13H26N2O2. The maximum Gasteiger partial charge on any atom is 0.238 e. The van der Waals surface area contributed by atoms with E-state index in [0.717, 1.165) is 19.4 Å². The van der Waals surface area contributed by atoms with Gasteiger partial charge in [-0.3, -0.25) is 4.79 Å². The zero-order chi connectivity index (χ0) is 12.9. The zero-order valence-corrected chi connectivity index (χ0v) is 11.3. The highest BCUT2D eigenvalue weighted by Gasteiger charge is 2.32. The van der Waals surface area contributed by atoms with E-state index in [0.29, 0.717) is 0 Å². The lowest BCUT2D eigenvalue weighted by molar-refractivity contribution is -0.130.